The molecule has 0 aromatic heterocycles. The van der Waals surface area contributed by atoms with E-state index >= 15 is 0 Å². The van der Waals surface area contributed by atoms with E-state index < -0.39 is 5.97 Å². The van der Waals surface area contributed by atoms with Crippen LogP contribution >= 0.6 is 0 Å². The lowest BCUT2D eigenvalue weighted by molar-refractivity contribution is -0.145. The van der Waals surface area contributed by atoms with E-state index in [1.54, 1.807) is 0 Å². The number of carbonyl (C=O) groups is 2. The second-order valence-electron chi connectivity index (χ2n) is 7.17. The first-order chi connectivity index (χ1) is 16.2. The van der Waals surface area contributed by atoms with Gasteiger partial charge in [0.05, 0.1) is 66.1 Å². The number of ether oxygens (including phenoxy) is 7. The first-order valence-electron chi connectivity index (χ1n) is 12.0. The number of hydrogen-bond donors (Lipinski definition) is 0. The van der Waals surface area contributed by atoms with Crippen molar-refractivity contribution in [2.24, 2.45) is 0 Å². The summed E-state index contributed by atoms with van der Waals surface area (Å²) in [6, 6.07) is 0. The Hall–Kier alpha value is -1.52. The molecule has 0 atom stereocenters. The molecule has 0 N–H and O–H groups in total. The summed E-state index contributed by atoms with van der Waals surface area (Å²) in [5, 5.41) is 0. The minimum atomic E-state index is -0.458. The molecule has 0 radical (unpaired) electrons. The first kappa shape index (κ1) is 31.5. The maximum absolute atomic E-state index is 11.6. The van der Waals surface area contributed by atoms with Gasteiger partial charge in [-0.2, -0.15) is 0 Å². The molecule has 0 saturated carbocycles. The summed E-state index contributed by atoms with van der Waals surface area (Å²) < 4.78 is 36.7. The molecule has 0 saturated heterocycles. The van der Waals surface area contributed by atoms with Crippen molar-refractivity contribution < 1.29 is 42.7 Å². The predicted molar refractivity (Wildman–Crippen MR) is 124 cm³/mol. The molecule has 9 heteroatoms. The van der Waals surface area contributed by atoms with Crippen molar-refractivity contribution in [1.29, 1.82) is 0 Å². The topological polar surface area (TPSA) is 98.8 Å². The Kier molecular flexibility index (Phi) is 25.5. The molecule has 0 amide bonds. The average molecular weight is 477 g/mol. The number of rotatable bonds is 26. The van der Waals surface area contributed by atoms with Crippen LogP contribution in [-0.2, 0) is 42.7 Å². The number of carbonyl (C=O) groups excluding carboxylic acids is 2. The lowest BCUT2D eigenvalue weighted by Gasteiger charge is -2.08. The van der Waals surface area contributed by atoms with Crippen molar-refractivity contribution in [3.63, 3.8) is 0 Å². The summed E-state index contributed by atoms with van der Waals surface area (Å²) >= 11 is 0. The Bertz CT molecular complexity index is 457. The van der Waals surface area contributed by atoms with E-state index in [0.29, 0.717) is 72.5 Å². The number of unbranched alkanes of at least 4 members (excludes halogenated alkanes) is 5. The van der Waals surface area contributed by atoms with Crippen molar-refractivity contribution in [2.75, 3.05) is 79.3 Å². The van der Waals surface area contributed by atoms with Gasteiger partial charge in [-0.05, 0) is 6.42 Å². The Balaban J connectivity index is 3.13. The average Bonchev–Trinajstić information content (AvgIpc) is 2.82. The molecule has 0 aliphatic carbocycles. The van der Waals surface area contributed by atoms with E-state index in [0.717, 1.165) is 18.9 Å². The molecular formula is C24H44O9. The largest absolute Gasteiger partial charge is 0.463 e. The minimum absolute atomic E-state index is 0.148. The van der Waals surface area contributed by atoms with Gasteiger partial charge in [0.25, 0.3) is 0 Å². The molecule has 9 nitrogen and oxygen atoms in total. The zero-order valence-corrected chi connectivity index (χ0v) is 20.4. The predicted octanol–water partition coefficient (Wildman–Crippen LogP) is 3.09. The molecular weight excluding hydrogens is 432 g/mol. The van der Waals surface area contributed by atoms with Crippen molar-refractivity contribution in [3.8, 4) is 0 Å². The molecule has 0 unspecified atom stereocenters. The highest BCUT2D eigenvalue weighted by Crippen LogP contribution is 2.07. The van der Waals surface area contributed by atoms with Gasteiger partial charge in [0, 0.05) is 12.5 Å². The van der Waals surface area contributed by atoms with Crippen LogP contribution in [0.15, 0.2) is 12.7 Å². The van der Waals surface area contributed by atoms with Crippen molar-refractivity contribution in [2.45, 2.75) is 51.9 Å². The quantitative estimate of drug-likeness (QED) is 0.106. The fraction of sp³-hybridized carbons (Fsp3) is 0.833. The number of hydrogen-bond acceptors (Lipinski definition) is 9. The van der Waals surface area contributed by atoms with Crippen LogP contribution in [0.4, 0.5) is 0 Å². The monoisotopic (exact) mass is 476 g/mol. The van der Waals surface area contributed by atoms with E-state index in [9.17, 15) is 9.59 Å². The van der Waals surface area contributed by atoms with Crippen molar-refractivity contribution in [1.82, 2.24) is 0 Å². The minimum Gasteiger partial charge on any atom is -0.463 e. The standard InChI is InChI=1S/C24H44O9/c1-3-5-6-7-8-9-10-24(26)33-22-20-31-18-16-29-14-12-27-11-13-28-15-17-30-19-21-32-23(25)4-2/h4H,2-3,5-22H2,1H3. The van der Waals surface area contributed by atoms with E-state index in [4.69, 9.17) is 33.2 Å². The van der Waals surface area contributed by atoms with Crippen LogP contribution in [-0.4, -0.2) is 91.2 Å². The molecule has 0 aromatic rings. The van der Waals surface area contributed by atoms with Gasteiger partial charge in [-0.15, -0.1) is 0 Å². The third-order valence-corrected chi connectivity index (χ3v) is 4.35. The molecule has 33 heavy (non-hydrogen) atoms. The Morgan fingerprint density at radius 1 is 0.576 bits per heavy atom. The molecule has 0 aliphatic rings. The molecule has 0 rings (SSSR count). The maximum atomic E-state index is 11.6. The lowest BCUT2D eigenvalue weighted by atomic mass is 10.1. The summed E-state index contributed by atoms with van der Waals surface area (Å²) in [7, 11) is 0. The van der Waals surface area contributed by atoms with Crippen LogP contribution in [0.1, 0.15) is 51.9 Å². The molecule has 0 heterocycles. The third-order valence-electron chi connectivity index (χ3n) is 4.35. The maximum Gasteiger partial charge on any atom is 0.330 e. The highest BCUT2D eigenvalue weighted by molar-refractivity contribution is 5.81. The summed E-state index contributed by atoms with van der Waals surface area (Å²) in [4.78, 5) is 22.4. The summed E-state index contributed by atoms with van der Waals surface area (Å²) in [5.41, 5.74) is 0. The highest BCUT2D eigenvalue weighted by atomic mass is 16.6. The van der Waals surface area contributed by atoms with Crippen LogP contribution in [0.5, 0.6) is 0 Å². The Morgan fingerprint density at radius 3 is 1.42 bits per heavy atom. The second kappa shape index (κ2) is 26.7. The van der Waals surface area contributed by atoms with E-state index in [-0.39, 0.29) is 19.2 Å². The summed E-state index contributed by atoms with van der Waals surface area (Å²) in [5.74, 6) is -0.606. The third kappa shape index (κ3) is 26.6. The van der Waals surface area contributed by atoms with Gasteiger partial charge in [0.15, 0.2) is 0 Å². The lowest BCUT2D eigenvalue weighted by Crippen LogP contribution is -2.15. The molecule has 0 aliphatic heterocycles. The highest BCUT2D eigenvalue weighted by Gasteiger charge is 2.02. The van der Waals surface area contributed by atoms with Gasteiger partial charge in [0.1, 0.15) is 13.2 Å². The van der Waals surface area contributed by atoms with Gasteiger partial charge in [-0.3, -0.25) is 4.79 Å². The SMILES string of the molecule is C=CC(=O)OCCOCCOCCOCCOCCOCCOC(=O)CCCCCCCC. The van der Waals surface area contributed by atoms with Gasteiger partial charge in [-0.1, -0.05) is 45.6 Å². The van der Waals surface area contributed by atoms with Crippen molar-refractivity contribution in [3.05, 3.63) is 12.7 Å². The smallest absolute Gasteiger partial charge is 0.330 e. The van der Waals surface area contributed by atoms with E-state index in [2.05, 4.69) is 13.5 Å². The molecule has 0 bridgehead atoms. The van der Waals surface area contributed by atoms with Gasteiger partial charge < -0.3 is 33.2 Å². The summed E-state index contributed by atoms with van der Waals surface area (Å²) in [6.45, 7) is 10.4. The fourth-order valence-corrected chi connectivity index (χ4v) is 2.58. The van der Waals surface area contributed by atoms with Crippen LogP contribution in [0.2, 0.25) is 0 Å². The normalized spacial score (nSPS) is 10.8. The van der Waals surface area contributed by atoms with Crippen LogP contribution in [0, 0.1) is 0 Å². The van der Waals surface area contributed by atoms with Crippen molar-refractivity contribution >= 4 is 11.9 Å². The van der Waals surface area contributed by atoms with Gasteiger partial charge in [0.2, 0.25) is 0 Å². The first-order valence-corrected chi connectivity index (χ1v) is 12.0. The zero-order chi connectivity index (χ0) is 24.2. The van der Waals surface area contributed by atoms with Crippen LogP contribution < -0.4 is 0 Å². The van der Waals surface area contributed by atoms with Crippen LogP contribution in [0.25, 0.3) is 0 Å². The molecule has 0 spiro atoms. The fourth-order valence-electron chi connectivity index (χ4n) is 2.58. The Labute approximate surface area is 199 Å². The second-order valence-corrected chi connectivity index (χ2v) is 7.17. The van der Waals surface area contributed by atoms with E-state index in [1.165, 1.54) is 25.7 Å². The van der Waals surface area contributed by atoms with E-state index in [1.807, 2.05) is 0 Å². The molecule has 0 fully saturated rings. The number of esters is 2. The zero-order valence-electron chi connectivity index (χ0n) is 20.4. The Morgan fingerprint density at radius 2 is 0.970 bits per heavy atom. The summed E-state index contributed by atoms with van der Waals surface area (Å²) in [6.07, 6.45) is 8.53. The molecule has 194 valence electrons. The van der Waals surface area contributed by atoms with Gasteiger partial charge >= 0.3 is 11.9 Å². The molecule has 0 aromatic carbocycles. The van der Waals surface area contributed by atoms with Crippen LogP contribution in [0.3, 0.4) is 0 Å². The van der Waals surface area contributed by atoms with Gasteiger partial charge in [-0.25, -0.2) is 4.79 Å².